The van der Waals surface area contributed by atoms with E-state index in [9.17, 15) is 13.6 Å². The molecule has 3 unspecified atom stereocenters. The number of halogens is 3. The van der Waals surface area contributed by atoms with E-state index in [2.05, 4.69) is 24.3 Å². The van der Waals surface area contributed by atoms with Crippen molar-refractivity contribution in [3.05, 3.63) is 56.4 Å². The first-order valence-electron chi connectivity index (χ1n) is 11.4. The number of thiophene rings is 1. The lowest BCUT2D eigenvalue weighted by Gasteiger charge is -2.60. The van der Waals surface area contributed by atoms with Crippen LogP contribution >= 0.6 is 22.9 Å². The van der Waals surface area contributed by atoms with Crippen molar-refractivity contribution in [3.8, 4) is 16.9 Å². The number of amides is 1. The highest BCUT2D eigenvalue weighted by atomic mass is 35.5. The Kier molecular flexibility index (Phi) is 4.76. The molecule has 1 N–H and O–H groups in total. The van der Waals surface area contributed by atoms with Crippen molar-refractivity contribution in [1.29, 1.82) is 0 Å². The number of fused-ring (bicyclic) bond motifs is 5. The fraction of sp³-hybridized carbons (Fsp3) is 0.440. The van der Waals surface area contributed by atoms with Crippen LogP contribution in [0.5, 0.6) is 0 Å². The molecule has 3 fully saturated rings. The van der Waals surface area contributed by atoms with Crippen molar-refractivity contribution in [2.75, 3.05) is 6.54 Å². The highest BCUT2D eigenvalue weighted by molar-refractivity contribution is 7.16. The Morgan fingerprint density at radius 2 is 2.12 bits per heavy atom. The van der Waals surface area contributed by atoms with Gasteiger partial charge in [0.2, 0.25) is 0 Å². The van der Waals surface area contributed by atoms with Crippen LogP contribution in [0.2, 0.25) is 4.34 Å². The first-order chi connectivity index (χ1) is 15.7. The summed E-state index contributed by atoms with van der Waals surface area (Å²) in [5, 5.41) is 7.64. The Labute approximate surface area is 200 Å². The second kappa shape index (κ2) is 7.37. The third kappa shape index (κ3) is 3.19. The van der Waals surface area contributed by atoms with Crippen LogP contribution in [0.25, 0.3) is 16.9 Å². The molecule has 2 heterocycles. The van der Waals surface area contributed by atoms with Crippen molar-refractivity contribution in [2.24, 2.45) is 23.2 Å². The molecule has 1 aromatic carbocycles. The minimum atomic E-state index is -0.731. The average Bonchev–Trinajstić information content (AvgIpc) is 3.41. The zero-order valence-electron chi connectivity index (χ0n) is 18.4. The van der Waals surface area contributed by atoms with E-state index < -0.39 is 11.6 Å². The lowest BCUT2D eigenvalue weighted by Crippen LogP contribution is -2.54. The number of nitrogens with zero attached hydrogens (tertiary/aromatic N) is 2. The monoisotopic (exact) mass is 487 g/mol. The van der Waals surface area contributed by atoms with Crippen LogP contribution in [-0.2, 0) is 6.42 Å². The van der Waals surface area contributed by atoms with Crippen molar-refractivity contribution < 1.29 is 13.6 Å². The summed E-state index contributed by atoms with van der Waals surface area (Å²) in [5.74, 6) is 0.288. The van der Waals surface area contributed by atoms with Crippen LogP contribution in [0, 0.1) is 34.8 Å². The van der Waals surface area contributed by atoms with Crippen molar-refractivity contribution in [3.63, 3.8) is 0 Å². The van der Waals surface area contributed by atoms with E-state index >= 15 is 0 Å². The maximum atomic E-state index is 14.7. The van der Waals surface area contributed by atoms with Gasteiger partial charge in [-0.1, -0.05) is 25.4 Å². The molecule has 0 radical (unpaired) electrons. The van der Waals surface area contributed by atoms with Gasteiger partial charge >= 0.3 is 0 Å². The van der Waals surface area contributed by atoms with Gasteiger partial charge in [0.15, 0.2) is 11.5 Å². The van der Waals surface area contributed by atoms with Gasteiger partial charge < -0.3 is 5.32 Å². The quantitative estimate of drug-likeness (QED) is 0.370. The van der Waals surface area contributed by atoms with Crippen molar-refractivity contribution in [1.82, 2.24) is 15.1 Å². The first kappa shape index (κ1) is 21.3. The zero-order valence-corrected chi connectivity index (χ0v) is 20.0. The van der Waals surface area contributed by atoms with Crippen LogP contribution in [0.4, 0.5) is 8.78 Å². The second-order valence-electron chi connectivity index (χ2n) is 10.2. The molecule has 4 nitrogen and oxygen atoms in total. The van der Waals surface area contributed by atoms with Gasteiger partial charge in [0, 0.05) is 35.0 Å². The standard InChI is InChI=1S/C25H24ClF2N3OS/c1-25(2)13-4-3-12(17(25)7-13)11-29-24(32)22-16-9-20-15(10-21(26)33-20)23(16)31(30-22)19-6-5-14(27)8-18(19)28/h5-6,8,10,12-13,17H,3-4,7,9,11H2,1-2H3,(H,29,32). The molecule has 8 heteroatoms. The molecular weight excluding hydrogens is 464 g/mol. The van der Waals surface area contributed by atoms with Crippen LogP contribution in [-0.4, -0.2) is 22.2 Å². The summed E-state index contributed by atoms with van der Waals surface area (Å²) >= 11 is 7.68. The maximum Gasteiger partial charge on any atom is 0.272 e. The third-order valence-electron chi connectivity index (χ3n) is 8.23. The molecule has 3 atom stereocenters. The summed E-state index contributed by atoms with van der Waals surface area (Å²) in [6.07, 6.45) is 4.14. The number of hydrogen-bond donors (Lipinski definition) is 1. The highest BCUT2D eigenvalue weighted by Gasteiger charge is 2.54. The number of hydrogen-bond acceptors (Lipinski definition) is 3. The summed E-state index contributed by atoms with van der Waals surface area (Å²) in [4.78, 5) is 14.3. The van der Waals surface area contributed by atoms with E-state index in [0.717, 1.165) is 34.4 Å². The predicted molar refractivity (Wildman–Crippen MR) is 125 cm³/mol. The molecule has 33 heavy (non-hydrogen) atoms. The van der Waals surface area contributed by atoms with Crippen molar-refractivity contribution in [2.45, 2.75) is 39.5 Å². The predicted octanol–water partition coefficient (Wildman–Crippen LogP) is 6.24. The molecule has 3 saturated carbocycles. The summed E-state index contributed by atoms with van der Waals surface area (Å²) in [5.41, 5.74) is 3.03. The SMILES string of the molecule is CC1(C)C2CCC(CNC(=O)c3nn(-c4ccc(F)cc4F)c4c3Cc3sc(Cl)cc3-4)C1C2. The summed E-state index contributed by atoms with van der Waals surface area (Å²) < 4.78 is 30.3. The minimum Gasteiger partial charge on any atom is -0.350 e. The highest BCUT2D eigenvalue weighted by Crippen LogP contribution is 2.61. The molecule has 1 amide bonds. The molecule has 0 spiro atoms. The largest absolute Gasteiger partial charge is 0.350 e. The Morgan fingerprint density at radius 3 is 2.85 bits per heavy atom. The van der Waals surface area contributed by atoms with Crippen LogP contribution in [0.3, 0.4) is 0 Å². The molecule has 3 aromatic rings. The smallest absolute Gasteiger partial charge is 0.272 e. The molecule has 172 valence electrons. The summed E-state index contributed by atoms with van der Waals surface area (Å²) in [6.45, 7) is 5.31. The van der Waals surface area contributed by atoms with E-state index in [-0.39, 0.29) is 11.6 Å². The lowest BCUT2D eigenvalue weighted by atomic mass is 9.45. The fourth-order valence-corrected chi connectivity index (χ4v) is 7.59. The zero-order chi connectivity index (χ0) is 23.1. The number of aromatic nitrogens is 2. The van der Waals surface area contributed by atoms with E-state index in [1.54, 1.807) is 0 Å². The average molecular weight is 488 g/mol. The molecule has 4 aliphatic carbocycles. The summed E-state index contributed by atoms with van der Waals surface area (Å²) in [7, 11) is 0. The van der Waals surface area contributed by atoms with Crippen LogP contribution < -0.4 is 5.32 Å². The van der Waals surface area contributed by atoms with E-state index in [1.165, 1.54) is 41.0 Å². The lowest BCUT2D eigenvalue weighted by molar-refractivity contribution is -0.103. The Bertz CT molecular complexity index is 1300. The van der Waals surface area contributed by atoms with Gasteiger partial charge in [-0.25, -0.2) is 13.5 Å². The Morgan fingerprint density at radius 1 is 1.30 bits per heavy atom. The second-order valence-corrected chi connectivity index (χ2v) is 11.9. The molecular formula is C25H24ClF2N3OS. The fourth-order valence-electron chi connectivity index (χ4n) is 6.31. The van der Waals surface area contributed by atoms with E-state index in [0.29, 0.717) is 45.9 Å². The van der Waals surface area contributed by atoms with Crippen LogP contribution in [0.15, 0.2) is 24.3 Å². The van der Waals surface area contributed by atoms with Gasteiger partial charge in [0.05, 0.1) is 10.0 Å². The van der Waals surface area contributed by atoms with Gasteiger partial charge in [0.25, 0.3) is 5.91 Å². The molecule has 2 bridgehead atoms. The number of benzene rings is 1. The summed E-state index contributed by atoms with van der Waals surface area (Å²) in [6, 6.07) is 5.20. The molecule has 0 aliphatic heterocycles. The Balaban J connectivity index is 1.33. The van der Waals surface area contributed by atoms with Crippen LogP contribution in [0.1, 0.15) is 54.0 Å². The van der Waals surface area contributed by atoms with E-state index in [1.807, 2.05) is 6.07 Å². The number of carbonyl (C=O) groups is 1. The Hall–Kier alpha value is -2.25. The number of rotatable bonds is 4. The van der Waals surface area contributed by atoms with E-state index in [4.69, 9.17) is 11.6 Å². The van der Waals surface area contributed by atoms with Crippen molar-refractivity contribution >= 4 is 28.8 Å². The molecule has 7 rings (SSSR count). The van der Waals surface area contributed by atoms with Gasteiger partial charge in [-0.05, 0) is 60.6 Å². The third-order valence-corrected chi connectivity index (χ3v) is 9.50. The maximum absolute atomic E-state index is 14.7. The number of nitrogens with one attached hydrogen (secondary N) is 1. The van der Waals surface area contributed by atoms with Gasteiger partial charge in [-0.2, -0.15) is 5.10 Å². The normalized spacial score (nSPS) is 24.2. The molecule has 4 aliphatic rings. The topological polar surface area (TPSA) is 46.9 Å². The van der Waals surface area contributed by atoms with Gasteiger partial charge in [0.1, 0.15) is 11.5 Å². The first-order valence-corrected chi connectivity index (χ1v) is 12.6. The molecule has 2 aromatic heterocycles. The number of carbonyl (C=O) groups excluding carboxylic acids is 1. The van der Waals surface area contributed by atoms with Gasteiger partial charge in [-0.15, -0.1) is 11.3 Å². The minimum absolute atomic E-state index is 0.108. The molecule has 0 saturated heterocycles. The van der Waals surface area contributed by atoms with Gasteiger partial charge in [-0.3, -0.25) is 4.79 Å².